The summed E-state index contributed by atoms with van der Waals surface area (Å²) in [6.07, 6.45) is 0. The molecule has 122 valence electrons. The molecule has 22 heavy (non-hydrogen) atoms. The molecule has 0 aromatic heterocycles. The SMILES string of the molecule is CON(C)C(=O)CN(C)S(=O)(=O)c1ccc(NC(C)=O)cc1. The summed E-state index contributed by atoms with van der Waals surface area (Å²) < 4.78 is 25.6. The second-order valence-corrected chi connectivity index (χ2v) is 6.59. The van der Waals surface area contributed by atoms with Crippen LogP contribution in [0.4, 0.5) is 5.69 Å². The maximum atomic E-state index is 12.3. The summed E-state index contributed by atoms with van der Waals surface area (Å²) >= 11 is 0. The highest BCUT2D eigenvalue weighted by Gasteiger charge is 2.24. The molecule has 0 aliphatic heterocycles. The summed E-state index contributed by atoms with van der Waals surface area (Å²) in [6, 6.07) is 5.68. The molecule has 2 amide bonds. The van der Waals surface area contributed by atoms with E-state index in [1.807, 2.05) is 0 Å². The summed E-state index contributed by atoms with van der Waals surface area (Å²) in [4.78, 5) is 27.3. The number of benzene rings is 1. The van der Waals surface area contributed by atoms with Crippen molar-refractivity contribution in [3.8, 4) is 0 Å². The first-order chi connectivity index (χ1) is 10.2. The van der Waals surface area contributed by atoms with E-state index >= 15 is 0 Å². The number of sulfonamides is 1. The van der Waals surface area contributed by atoms with Crippen molar-refractivity contribution in [2.45, 2.75) is 11.8 Å². The van der Waals surface area contributed by atoms with Gasteiger partial charge in [-0.1, -0.05) is 0 Å². The van der Waals surface area contributed by atoms with Gasteiger partial charge in [-0.2, -0.15) is 4.31 Å². The molecule has 0 spiro atoms. The molecule has 0 bridgehead atoms. The van der Waals surface area contributed by atoms with E-state index in [0.717, 1.165) is 9.37 Å². The molecule has 0 heterocycles. The van der Waals surface area contributed by atoms with Crippen LogP contribution in [-0.2, 0) is 24.4 Å². The number of hydrogen-bond acceptors (Lipinski definition) is 5. The third-order valence-corrected chi connectivity index (χ3v) is 4.68. The highest BCUT2D eigenvalue weighted by Crippen LogP contribution is 2.17. The van der Waals surface area contributed by atoms with Gasteiger partial charge in [0, 0.05) is 26.7 Å². The Bertz CT molecular complexity index is 642. The zero-order valence-corrected chi connectivity index (χ0v) is 13.7. The maximum absolute atomic E-state index is 12.3. The van der Waals surface area contributed by atoms with E-state index in [0.29, 0.717) is 5.69 Å². The molecular weight excluding hydrogens is 310 g/mol. The lowest BCUT2D eigenvalue weighted by Crippen LogP contribution is -2.38. The van der Waals surface area contributed by atoms with Crippen LogP contribution in [0.3, 0.4) is 0 Å². The largest absolute Gasteiger partial charge is 0.326 e. The first kappa shape index (κ1) is 18.1. The fraction of sp³-hybridized carbons (Fsp3) is 0.385. The minimum absolute atomic E-state index is 0.0250. The number of hydroxylamine groups is 2. The van der Waals surface area contributed by atoms with E-state index in [2.05, 4.69) is 5.32 Å². The summed E-state index contributed by atoms with van der Waals surface area (Å²) in [5.74, 6) is -0.746. The topological polar surface area (TPSA) is 96.0 Å². The number of hydrogen-bond donors (Lipinski definition) is 1. The Labute approximate surface area is 129 Å². The predicted octanol–water partition coefficient (Wildman–Crippen LogP) is 0.285. The lowest BCUT2D eigenvalue weighted by molar-refractivity contribution is -0.168. The zero-order chi connectivity index (χ0) is 16.9. The minimum Gasteiger partial charge on any atom is -0.326 e. The number of nitrogens with zero attached hydrogens (tertiary/aromatic N) is 2. The Morgan fingerprint density at radius 1 is 1.18 bits per heavy atom. The Balaban J connectivity index is 2.89. The second kappa shape index (κ2) is 7.34. The molecule has 0 atom stereocenters. The van der Waals surface area contributed by atoms with Gasteiger partial charge in [-0.05, 0) is 24.3 Å². The fourth-order valence-corrected chi connectivity index (χ4v) is 2.69. The van der Waals surface area contributed by atoms with E-state index in [9.17, 15) is 18.0 Å². The number of anilines is 1. The average molecular weight is 329 g/mol. The van der Waals surface area contributed by atoms with Crippen LogP contribution in [0.15, 0.2) is 29.2 Å². The molecule has 1 N–H and O–H groups in total. The van der Waals surface area contributed by atoms with Gasteiger partial charge in [0.05, 0.1) is 18.6 Å². The van der Waals surface area contributed by atoms with Gasteiger partial charge in [0.25, 0.3) is 5.91 Å². The van der Waals surface area contributed by atoms with Crippen molar-refractivity contribution < 1.29 is 22.8 Å². The highest BCUT2D eigenvalue weighted by molar-refractivity contribution is 7.89. The van der Waals surface area contributed by atoms with Crippen LogP contribution in [0.5, 0.6) is 0 Å². The van der Waals surface area contributed by atoms with Gasteiger partial charge in [-0.3, -0.25) is 14.4 Å². The van der Waals surface area contributed by atoms with Crippen molar-refractivity contribution in [3.05, 3.63) is 24.3 Å². The smallest absolute Gasteiger partial charge is 0.261 e. The van der Waals surface area contributed by atoms with E-state index in [1.54, 1.807) is 0 Å². The molecular formula is C13H19N3O5S. The van der Waals surface area contributed by atoms with Crippen molar-refractivity contribution in [2.75, 3.05) is 33.1 Å². The van der Waals surface area contributed by atoms with Gasteiger partial charge in [-0.25, -0.2) is 13.5 Å². The quantitative estimate of drug-likeness (QED) is 0.757. The van der Waals surface area contributed by atoms with Gasteiger partial charge in [0.2, 0.25) is 15.9 Å². The summed E-state index contributed by atoms with van der Waals surface area (Å²) in [7, 11) is 0.207. The zero-order valence-electron chi connectivity index (χ0n) is 12.9. The highest BCUT2D eigenvalue weighted by atomic mass is 32.2. The summed E-state index contributed by atoms with van der Waals surface area (Å²) in [5.41, 5.74) is 0.490. The number of likely N-dealkylation sites (N-methyl/N-ethyl adjacent to an activating group) is 2. The Kier molecular flexibility index (Phi) is 6.03. The molecule has 0 radical (unpaired) electrons. The van der Waals surface area contributed by atoms with Crippen molar-refractivity contribution in [1.82, 2.24) is 9.37 Å². The predicted molar refractivity (Wildman–Crippen MR) is 80.3 cm³/mol. The van der Waals surface area contributed by atoms with Crippen molar-refractivity contribution in [3.63, 3.8) is 0 Å². The fourth-order valence-electron chi connectivity index (χ4n) is 1.57. The molecule has 0 aliphatic carbocycles. The van der Waals surface area contributed by atoms with Gasteiger partial charge in [0.1, 0.15) is 0 Å². The number of rotatable bonds is 6. The van der Waals surface area contributed by atoms with E-state index < -0.39 is 15.9 Å². The van der Waals surface area contributed by atoms with Crippen LogP contribution < -0.4 is 5.32 Å². The van der Waals surface area contributed by atoms with Crippen LogP contribution in [0, 0.1) is 0 Å². The van der Waals surface area contributed by atoms with E-state index in [4.69, 9.17) is 4.84 Å². The molecule has 1 rings (SSSR count). The lowest BCUT2D eigenvalue weighted by Gasteiger charge is -2.20. The standard InChI is InChI=1S/C13H19N3O5S/c1-10(17)14-11-5-7-12(8-6-11)22(19,20)15(2)9-13(18)16(3)21-4/h5-8H,9H2,1-4H3,(H,14,17). The Hall–Kier alpha value is -1.97. The van der Waals surface area contributed by atoms with Crippen molar-refractivity contribution >= 4 is 27.5 Å². The van der Waals surface area contributed by atoms with Gasteiger partial charge in [0.15, 0.2) is 0 Å². The Morgan fingerprint density at radius 3 is 2.18 bits per heavy atom. The number of amides is 2. The molecule has 0 saturated carbocycles. The molecule has 1 aromatic rings. The van der Waals surface area contributed by atoms with Crippen LogP contribution in [-0.4, -0.2) is 57.4 Å². The van der Waals surface area contributed by atoms with E-state index in [1.165, 1.54) is 52.4 Å². The van der Waals surface area contributed by atoms with Crippen LogP contribution in [0.25, 0.3) is 0 Å². The normalized spacial score (nSPS) is 11.3. The van der Waals surface area contributed by atoms with E-state index in [-0.39, 0.29) is 17.3 Å². The third-order valence-electron chi connectivity index (χ3n) is 2.87. The number of carbonyl (C=O) groups excluding carboxylic acids is 2. The molecule has 1 aromatic carbocycles. The Morgan fingerprint density at radius 2 is 1.73 bits per heavy atom. The van der Waals surface area contributed by atoms with Crippen LogP contribution in [0.2, 0.25) is 0 Å². The van der Waals surface area contributed by atoms with Gasteiger partial charge < -0.3 is 5.32 Å². The molecule has 0 saturated heterocycles. The summed E-state index contributed by atoms with van der Waals surface area (Å²) in [6.45, 7) is 1.01. The van der Waals surface area contributed by atoms with Crippen LogP contribution in [0.1, 0.15) is 6.92 Å². The molecule has 0 unspecified atom stereocenters. The number of nitrogens with one attached hydrogen (secondary N) is 1. The third kappa shape index (κ3) is 4.52. The first-order valence-electron chi connectivity index (χ1n) is 6.33. The molecule has 0 aliphatic rings. The van der Waals surface area contributed by atoms with Crippen molar-refractivity contribution in [1.29, 1.82) is 0 Å². The maximum Gasteiger partial charge on any atom is 0.261 e. The van der Waals surface area contributed by atoms with Gasteiger partial charge >= 0.3 is 0 Å². The monoisotopic (exact) mass is 329 g/mol. The average Bonchev–Trinajstić information content (AvgIpc) is 2.46. The first-order valence-corrected chi connectivity index (χ1v) is 7.77. The minimum atomic E-state index is -3.80. The van der Waals surface area contributed by atoms with Gasteiger partial charge in [-0.15, -0.1) is 0 Å². The van der Waals surface area contributed by atoms with Crippen molar-refractivity contribution in [2.24, 2.45) is 0 Å². The number of carbonyl (C=O) groups is 2. The second-order valence-electron chi connectivity index (χ2n) is 4.54. The lowest BCUT2D eigenvalue weighted by atomic mass is 10.3. The molecule has 8 nitrogen and oxygen atoms in total. The molecule has 9 heteroatoms. The summed E-state index contributed by atoms with van der Waals surface area (Å²) in [5, 5.41) is 3.49. The molecule has 0 fully saturated rings. The van der Waals surface area contributed by atoms with Crippen LogP contribution >= 0.6 is 0 Å².